The molecule has 2 rings (SSSR count). The number of thiazole rings is 1. The van der Waals surface area contributed by atoms with Gasteiger partial charge in [0.15, 0.2) is 0 Å². The second-order valence-electron chi connectivity index (χ2n) is 4.96. The summed E-state index contributed by atoms with van der Waals surface area (Å²) in [5.74, 6) is 0. The zero-order valence-corrected chi connectivity index (χ0v) is 11.8. The van der Waals surface area contributed by atoms with E-state index in [-0.39, 0.29) is 5.60 Å². The van der Waals surface area contributed by atoms with Crippen molar-refractivity contribution in [3.05, 3.63) is 16.1 Å². The Kier molecular flexibility index (Phi) is 4.17. The van der Waals surface area contributed by atoms with Crippen LogP contribution in [0.3, 0.4) is 0 Å². The Hall–Kier alpha value is -0.450. The minimum atomic E-state index is -0.0183. The Morgan fingerprint density at radius 3 is 3.00 bits per heavy atom. The molecule has 2 atom stereocenters. The summed E-state index contributed by atoms with van der Waals surface area (Å²) in [5.41, 5.74) is 1.10. The van der Waals surface area contributed by atoms with Crippen LogP contribution in [-0.4, -0.2) is 29.8 Å². The zero-order chi connectivity index (χ0) is 12.3. The van der Waals surface area contributed by atoms with Crippen molar-refractivity contribution in [1.29, 1.82) is 0 Å². The lowest BCUT2D eigenvalue weighted by Crippen LogP contribution is -2.49. The third kappa shape index (κ3) is 3.06. The van der Waals surface area contributed by atoms with Crippen molar-refractivity contribution in [2.75, 3.05) is 13.2 Å². The highest BCUT2D eigenvalue weighted by Crippen LogP contribution is 2.30. The van der Waals surface area contributed by atoms with Crippen molar-refractivity contribution in [2.45, 2.75) is 51.7 Å². The fourth-order valence-corrected chi connectivity index (χ4v) is 3.32. The first kappa shape index (κ1) is 13.0. The molecule has 0 saturated carbocycles. The van der Waals surface area contributed by atoms with Gasteiger partial charge >= 0.3 is 0 Å². The minimum absolute atomic E-state index is 0.0183. The predicted octanol–water partition coefficient (Wildman–Crippen LogP) is 2.54. The smallest absolute Gasteiger partial charge is 0.0944 e. The Morgan fingerprint density at radius 2 is 2.47 bits per heavy atom. The molecule has 1 N–H and O–H groups in total. The maximum atomic E-state index is 5.95. The lowest BCUT2D eigenvalue weighted by Gasteiger charge is -2.33. The van der Waals surface area contributed by atoms with Gasteiger partial charge in [-0.15, -0.1) is 11.3 Å². The van der Waals surface area contributed by atoms with E-state index >= 15 is 0 Å². The number of likely N-dealkylation sites (N-methyl/N-ethyl adjacent to an activating group) is 1. The lowest BCUT2D eigenvalue weighted by molar-refractivity contribution is -0.0110. The van der Waals surface area contributed by atoms with E-state index in [1.54, 1.807) is 11.3 Å². The van der Waals surface area contributed by atoms with Crippen molar-refractivity contribution < 1.29 is 4.74 Å². The van der Waals surface area contributed by atoms with Crippen molar-refractivity contribution in [1.82, 2.24) is 10.3 Å². The Morgan fingerprint density at radius 1 is 1.65 bits per heavy atom. The normalized spacial score (nSPS) is 26.3. The molecule has 1 aliphatic rings. The van der Waals surface area contributed by atoms with E-state index in [9.17, 15) is 0 Å². The molecule has 2 unspecified atom stereocenters. The first-order chi connectivity index (χ1) is 8.14. The summed E-state index contributed by atoms with van der Waals surface area (Å²) in [4.78, 5) is 4.56. The van der Waals surface area contributed by atoms with Crippen LogP contribution in [-0.2, 0) is 11.2 Å². The summed E-state index contributed by atoms with van der Waals surface area (Å²) in [5, 5.41) is 6.90. The van der Waals surface area contributed by atoms with Crippen LogP contribution in [0.2, 0.25) is 0 Å². The summed E-state index contributed by atoms with van der Waals surface area (Å²) in [6.07, 6.45) is 3.30. The summed E-state index contributed by atoms with van der Waals surface area (Å²) >= 11 is 1.75. The molecule has 0 bridgehead atoms. The van der Waals surface area contributed by atoms with Gasteiger partial charge in [0.25, 0.3) is 0 Å². The van der Waals surface area contributed by atoms with E-state index in [1.165, 1.54) is 11.4 Å². The molecule has 2 heterocycles. The van der Waals surface area contributed by atoms with Gasteiger partial charge in [-0.1, -0.05) is 6.92 Å². The zero-order valence-electron chi connectivity index (χ0n) is 11.0. The van der Waals surface area contributed by atoms with Gasteiger partial charge in [0, 0.05) is 30.1 Å². The maximum absolute atomic E-state index is 5.95. The molecule has 4 heteroatoms. The van der Waals surface area contributed by atoms with Gasteiger partial charge in [0.05, 0.1) is 10.6 Å². The molecule has 0 spiro atoms. The molecule has 0 aliphatic carbocycles. The van der Waals surface area contributed by atoms with E-state index in [1.807, 2.05) is 0 Å². The van der Waals surface area contributed by atoms with Gasteiger partial charge < -0.3 is 10.1 Å². The van der Waals surface area contributed by atoms with Crippen LogP contribution in [0.25, 0.3) is 0 Å². The van der Waals surface area contributed by atoms with Crippen LogP contribution in [0.1, 0.15) is 37.4 Å². The molecule has 0 radical (unpaired) electrons. The van der Waals surface area contributed by atoms with Crippen molar-refractivity contribution in [2.24, 2.45) is 0 Å². The average Bonchev–Trinajstić information content (AvgIpc) is 2.88. The first-order valence-corrected chi connectivity index (χ1v) is 7.30. The van der Waals surface area contributed by atoms with Crippen LogP contribution in [0.15, 0.2) is 5.38 Å². The number of aryl methyl sites for hydroxylation is 1. The molecular weight excluding hydrogens is 232 g/mol. The van der Waals surface area contributed by atoms with Gasteiger partial charge in [0.2, 0.25) is 0 Å². The summed E-state index contributed by atoms with van der Waals surface area (Å²) in [6.45, 7) is 8.31. The van der Waals surface area contributed by atoms with Gasteiger partial charge in [0.1, 0.15) is 0 Å². The molecule has 3 nitrogen and oxygen atoms in total. The fourth-order valence-electron chi connectivity index (χ4n) is 2.50. The van der Waals surface area contributed by atoms with Crippen molar-refractivity contribution in [3.8, 4) is 0 Å². The standard InChI is InChI=1S/C13H22N2OS/c1-4-14-11(13(3)6-5-7-16-13)8-12-15-10(2)9-17-12/h9,11,14H,4-8H2,1-3H3. The second-order valence-corrected chi connectivity index (χ2v) is 5.90. The highest BCUT2D eigenvalue weighted by atomic mass is 32.1. The predicted molar refractivity (Wildman–Crippen MR) is 71.6 cm³/mol. The van der Waals surface area contributed by atoms with Gasteiger partial charge in [-0.05, 0) is 33.2 Å². The van der Waals surface area contributed by atoms with E-state index in [2.05, 4.69) is 36.5 Å². The molecule has 1 aliphatic heterocycles. The Labute approximate surface area is 108 Å². The molecular formula is C13H22N2OS. The van der Waals surface area contributed by atoms with E-state index in [0.29, 0.717) is 6.04 Å². The average molecular weight is 254 g/mol. The maximum Gasteiger partial charge on any atom is 0.0944 e. The molecule has 1 saturated heterocycles. The highest BCUT2D eigenvalue weighted by molar-refractivity contribution is 7.09. The highest BCUT2D eigenvalue weighted by Gasteiger charge is 2.38. The molecule has 1 aromatic rings. The Balaban J connectivity index is 2.06. The number of ether oxygens (including phenoxy) is 1. The van der Waals surface area contributed by atoms with E-state index in [4.69, 9.17) is 4.74 Å². The van der Waals surface area contributed by atoms with Crippen LogP contribution in [0.4, 0.5) is 0 Å². The van der Waals surface area contributed by atoms with Crippen molar-refractivity contribution >= 4 is 11.3 Å². The monoisotopic (exact) mass is 254 g/mol. The third-order valence-electron chi connectivity index (χ3n) is 3.48. The summed E-state index contributed by atoms with van der Waals surface area (Å²) < 4.78 is 5.95. The number of nitrogens with one attached hydrogen (secondary N) is 1. The van der Waals surface area contributed by atoms with Crippen LogP contribution >= 0.6 is 11.3 Å². The Bertz CT molecular complexity index is 358. The van der Waals surface area contributed by atoms with Gasteiger partial charge in [-0.2, -0.15) is 0 Å². The SMILES string of the molecule is CCNC(Cc1nc(C)cs1)C1(C)CCCO1. The van der Waals surface area contributed by atoms with Gasteiger partial charge in [-0.3, -0.25) is 0 Å². The number of aromatic nitrogens is 1. The topological polar surface area (TPSA) is 34.2 Å². The van der Waals surface area contributed by atoms with E-state index in [0.717, 1.165) is 31.7 Å². The molecule has 0 amide bonds. The summed E-state index contributed by atoms with van der Waals surface area (Å²) in [7, 11) is 0. The first-order valence-electron chi connectivity index (χ1n) is 6.42. The number of nitrogens with zero attached hydrogens (tertiary/aromatic N) is 1. The van der Waals surface area contributed by atoms with Crippen molar-refractivity contribution in [3.63, 3.8) is 0 Å². The second kappa shape index (κ2) is 5.46. The molecule has 1 aromatic heterocycles. The van der Waals surface area contributed by atoms with Crippen LogP contribution < -0.4 is 5.32 Å². The summed E-state index contributed by atoms with van der Waals surface area (Å²) in [6, 6.07) is 0.376. The van der Waals surface area contributed by atoms with Crippen LogP contribution in [0, 0.1) is 6.92 Å². The number of hydrogen-bond acceptors (Lipinski definition) is 4. The molecule has 17 heavy (non-hydrogen) atoms. The molecule has 0 aromatic carbocycles. The quantitative estimate of drug-likeness (QED) is 0.877. The number of hydrogen-bond donors (Lipinski definition) is 1. The number of rotatable bonds is 5. The van der Waals surface area contributed by atoms with Gasteiger partial charge in [-0.25, -0.2) is 4.98 Å². The fraction of sp³-hybridized carbons (Fsp3) is 0.769. The molecule has 1 fully saturated rings. The van der Waals surface area contributed by atoms with E-state index < -0.39 is 0 Å². The van der Waals surface area contributed by atoms with Crippen LogP contribution in [0.5, 0.6) is 0 Å². The largest absolute Gasteiger partial charge is 0.374 e. The minimum Gasteiger partial charge on any atom is -0.374 e. The molecule has 96 valence electrons. The third-order valence-corrected chi connectivity index (χ3v) is 4.47. The lowest BCUT2D eigenvalue weighted by atomic mass is 9.91.